The Labute approximate surface area is 89.4 Å². The number of nitrogens with zero attached hydrogens (tertiary/aromatic N) is 1. The zero-order chi connectivity index (χ0) is 10.1. The number of hydrogen-bond donors (Lipinski definition) is 1. The van der Waals surface area contributed by atoms with E-state index in [2.05, 4.69) is 27.0 Å². The molecule has 3 nitrogen and oxygen atoms in total. The summed E-state index contributed by atoms with van der Waals surface area (Å²) in [6, 6.07) is 5.86. The van der Waals surface area contributed by atoms with Crippen LogP contribution >= 0.6 is 15.9 Å². The Morgan fingerprint density at radius 1 is 1.50 bits per heavy atom. The number of methoxy groups -OCH3 is 1. The van der Waals surface area contributed by atoms with Crippen molar-refractivity contribution in [2.45, 2.75) is 0 Å². The second-order valence-electron chi connectivity index (χ2n) is 2.85. The topological polar surface area (TPSA) is 48.8 Å². The van der Waals surface area contributed by atoms with Gasteiger partial charge in [0.15, 0.2) is 0 Å². The molecule has 70 valence electrons. The summed E-state index contributed by atoms with van der Waals surface area (Å²) in [7, 11) is 1.60. The first-order valence-electron chi connectivity index (χ1n) is 4.01. The molecule has 0 atom stereocenters. The zero-order valence-corrected chi connectivity index (χ0v) is 9.05. The van der Waals surface area contributed by atoms with Crippen molar-refractivity contribution in [3.63, 3.8) is 0 Å². The second-order valence-corrected chi connectivity index (χ2v) is 3.70. The number of aromatic amines is 1. The Morgan fingerprint density at radius 3 is 2.93 bits per heavy atom. The van der Waals surface area contributed by atoms with E-state index in [9.17, 15) is 0 Å². The van der Waals surface area contributed by atoms with Crippen LogP contribution in [-0.4, -0.2) is 12.1 Å². The number of benzene rings is 1. The minimum absolute atomic E-state index is 0.630. The van der Waals surface area contributed by atoms with Gasteiger partial charge in [0, 0.05) is 17.1 Å². The molecule has 1 heterocycles. The van der Waals surface area contributed by atoms with Crippen molar-refractivity contribution in [1.29, 1.82) is 5.26 Å². The van der Waals surface area contributed by atoms with E-state index in [1.165, 1.54) is 0 Å². The summed E-state index contributed by atoms with van der Waals surface area (Å²) >= 11 is 3.38. The fourth-order valence-electron chi connectivity index (χ4n) is 1.37. The van der Waals surface area contributed by atoms with Gasteiger partial charge in [-0.1, -0.05) is 0 Å². The normalized spacial score (nSPS) is 10.1. The summed E-state index contributed by atoms with van der Waals surface area (Å²) in [4.78, 5) is 3.02. The molecule has 0 spiro atoms. The molecule has 4 heteroatoms. The Kier molecular flexibility index (Phi) is 2.18. The number of aromatic nitrogens is 1. The summed E-state index contributed by atoms with van der Waals surface area (Å²) in [5.41, 5.74) is 1.56. The van der Waals surface area contributed by atoms with E-state index in [0.29, 0.717) is 5.56 Å². The molecule has 1 aromatic carbocycles. The van der Waals surface area contributed by atoms with Crippen LogP contribution in [0.5, 0.6) is 5.75 Å². The molecule has 0 fully saturated rings. The maximum atomic E-state index is 8.83. The zero-order valence-electron chi connectivity index (χ0n) is 7.47. The Hall–Kier alpha value is -1.47. The monoisotopic (exact) mass is 250 g/mol. The number of halogens is 1. The van der Waals surface area contributed by atoms with E-state index in [-0.39, 0.29) is 0 Å². The molecule has 0 saturated carbocycles. The van der Waals surface area contributed by atoms with Crippen LogP contribution in [0.25, 0.3) is 10.9 Å². The third kappa shape index (κ3) is 1.26. The Morgan fingerprint density at radius 2 is 2.29 bits per heavy atom. The first-order valence-corrected chi connectivity index (χ1v) is 4.80. The largest absolute Gasteiger partial charge is 0.496 e. The van der Waals surface area contributed by atoms with Crippen LogP contribution in [0.1, 0.15) is 5.56 Å². The quantitative estimate of drug-likeness (QED) is 0.847. The van der Waals surface area contributed by atoms with Crippen LogP contribution in [0.15, 0.2) is 22.8 Å². The van der Waals surface area contributed by atoms with Gasteiger partial charge in [-0.25, -0.2) is 0 Å². The SMILES string of the molecule is COc1cc2c(C#N)c[nH]c2cc1Br. The highest BCUT2D eigenvalue weighted by Gasteiger charge is 2.07. The van der Waals surface area contributed by atoms with Crippen molar-refractivity contribution in [2.24, 2.45) is 0 Å². The second kappa shape index (κ2) is 3.35. The van der Waals surface area contributed by atoms with Crippen LogP contribution in [0.3, 0.4) is 0 Å². The van der Waals surface area contributed by atoms with E-state index in [4.69, 9.17) is 10.00 Å². The molecule has 0 aliphatic carbocycles. The van der Waals surface area contributed by atoms with Crippen molar-refractivity contribution in [3.05, 3.63) is 28.4 Å². The van der Waals surface area contributed by atoms with Gasteiger partial charge in [-0.15, -0.1) is 0 Å². The number of hydrogen-bond acceptors (Lipinski definition) is 2. The van der Waals surface area contributed by atoms with E-state index < -0.39 is 0 Å². The number of ether oxygens (including phenoxy) is 1. The van der Waals surface area contributed by atoms with Crippen molar-refractivity contribution in [1.82, 2.24) is 4.98 Å². The van der Waals surface area contributed by atoms with Crippen LogP contribution < -0.4 is 4.74 Å². The molecular formula is C10H7BrN2O. The summed E-state index contributed by atoms with van der Waals surface area (Å²) in [5, 5.41) is 9.72. The van der Waals surface area contributed by atoms with Crippen LogP contribution in [0.2, 0.25) is 0 Å². The number of nitriles is 1. The van der Waals surface area contributed by atoms with E-state index >= 15 is 0 Å². The van der Waals surface area contributed by atoms with Crippen molar-refractivity contribution in [2.75, 3.05) is 7.11 Å². The molecule has 14 heavy (non-hydrogen) atoms. The summed E-state index contributed by atoms with van der Waals surface area (Å²) in [6.45, 7) is 0. The lowest BCUT2D eigenvalue weighted by atomic mass is 10.2. The first kappa shape index (κ1) is 9.10. The molecule has 0 aliphatic rings. The average molecular weight is 251 g/mol. The van der Waals surface area contributed by atoms with E-state index in [1.807, 2.05) is 12.1 Å². The van der Waals surface area contributed by atoms with Gasteiger partial charge >= 0.3 is 0 Å². The van der Waals surface area contributed by atoms with Gasteiger partial charge in [-0.05, 0) is 28.1 Å². The molecule has 0 saturated heterocycles. The highest BCUT2D eigenvalue weighted by molar-refractivity contribution is 9.10. The molecule has 0 aliphatic heterocycles. The molecule has 0 unspecified atom stereocenters. The molecule has 1 aromatic heterocycles. The van der Waals surface area contributed by atoms with Gasteiger partial charge in [0.05, 0.1) is 17.1 Å². The molecule has 2 rings (SSSR count). The summed E-state index contributed by atoms with van der Waals surface area (Å²) < 4.78 is 6.03. The number of H-pyrrole nitrogens is 1. The minimum Gasteiger partial charge on any atom is -0.496 e. The lowest BCUT2D eigenvalue weighted by Crippen LogP contribution is -1.84. The van der Waals surface area contributed by atoms with Gasteiger partial charge in [-0.3, -0.25) is 0 Å². The number of rotatable bonds is 1. The standard InChI is InChI=1S/C10H7BrN2O/c1-14-10-2-7-6(4-12)5-13-9(7)3-8(10)11/h2-3,5,13H,1H3. The number of nitrogens with one attached hydrogen (secondary N) is 1. The molecule has 2 aromatic rings. The predicted molar refractivity (Wildman–Crippen MR) is 57.3 cm³/mol. The lowest BCUT2D eigenvalue weighted by molar-refractivity contribution is 0.413. The smallest absolute Gasteiger partial charge is 0.133 e. The highest BCUT2D eigenvalue weighted by atomic mass is 79.9. The molecular weight excluding hydrogens is 244 g/mol. The van der Waals surface area contributed by atoms with Crippen molar-refractivity contribution >= 4 is 26.8 Å². The predicted octanol–water partition coefficient (Wildman–Crippen LogP) is 2.81. The third-order valence-electron chi connectivity index (χ3n) is 2.07. The molecule has 0 amide bonds. The Balaban J connectivity index is 2.78. The van der Waals surface area contributed by atoms with Crippen molar-refractivity contribution in [3.8, 4) is 11.8 Å². The van der Waals surface area contributed by atoms with Gasteiger partial charge in [-0.2, -0.15) is 5.26 Å². The van der Waals surface area contributed by atoms with Crippen molar-refractivity contribution < 1.29 is 4.74 Å². The average Bonchev–Trinajstić information content (AvgIpc) is 2.58. The maximum absolute atomic E-state index is 8.83. The Bertz CT molecular complexity index is 525. The van der Waals surface area contributed by atoms with Crippen LogP contribution in [0.4, 0.5) is 0 Å². The van der Waals surface area contributed by atoms with Crippen LogP contribution in [0, 0.1) is 11.3 Å². The lowest BCUT2D eigenvalue weighted by Gasteiger charge is -2.02. The fraction of sp³-hybridized carbons (Fsp3) is 0.100. The fourth-order valence-corrected chi connectivity index (χ4v) is 1.88. The van der Waals surface area contributed by atoms with Gasteiger partial charge in [0.25, 0.3) is 0 Å². The van der Waals surface area contributed by atoms with Gasteiger partial charge in [0.1, 0.15) is 11.8 Å². The highest BCUT2D eigenvalue weighted by Crippen LogP contribution is 2.31. The van der Waals surface area contributed by atoms with Gasteiger partial charge < -0.3 is 9.72 Å². The third-order valence-corrected chi connectivity index (χ3v) is 2.69. The maximum Gasteiger partial charge on any atom is 0.133 e. The van der Waals surface area contributed by atoms with Gasteiger partial charge in [0.2, 0.25) is 0 Å². The summed E-state index contributed by atoms with van der Waals surface area (Å²) in [6.07, 6.45) is 1.69. The first-order chi connectivity index (χ1) is 6.76. The van der Waals surface area contributed by atoms with E-state index in [1.54, 1.807) is 13.3 Å². The molecule has 0 radical (unpaired) electrons. The summed E-state index contributed by atoms with van der Waals surface area (Å²) in [5.74, 6) is 0.730. The minimum atomic E-state index is 0.630. The molecule has 0 bridgehead atoms. The van der Waals surface area contributed by atoms with E-state index in [0.717, 1.165) is 21.1 Å². The molecule has 1 N–H and O–H groups in total. The van der Waals surface area contributed by atoms with Crippen LogP contribution in [-0.2, 0) is 0 Å². The number of fused-ring (bicyclic) bond motifs is 1.